The normalized spacial score (nSPS) is 27.2. The van der Waals surface area contributed by atoms with Gasteiger partial charge in [-0.05, 0) is 53.4 Å². The Hall–Kier alpha value is -2.85. The van der Waals surface area contributed by atoms with Crippen molar-refractivity contribution in [2.75, 3.05) is 6.61 Å². The second-order valence-electron chi connectivity index (χ2n) is 11.9. The lowest BCUT2D eigenvalue weighted by Crippen LogP contribution is -2.28. The van der Waals surface area contributed by atoms with E-state index in [0.717, 1.165) is 0 Å². The number of ether oxygens (including phenoxy) is 2. The molecule has 0 bridgehead atoms. The van der Waals surface area contributed by atoms with Crippen LogP contribution < -0.4 is 21.9 Å². The molecule has 0 aliphatic carbocycles. The Labute approximate surface area is 248 Å². The van der Waals surface area contributed by atoms with Crippen molar-refractivity contribution in [2.24, 2.45) is 11.7 Å². The fourth-order valence-electron chi connectivity index (χ4n) is 4.81. The topological polar surface area (TPSA) is 214 Å². The van der Waals surface area contributed by atoms with Gasteiger partial charge in [0.05, 0.1) is 31.2 Å². The number of hydrogen-bond acceptors (Lipinski definition) is 13. The van der Waals surface area contributed by atoms with Crippen LogP contribution in [0.3, 0.4) is 0 Å². The molecule has 16 nitrogen and oxygen atoms in total. The Balaban J connectivity index is 0.000000782. The fraction of sp³-hybridized carbons (Fsp3) is 0.692. The highest BCUT2D eigenvalue weighted by atomic mass is 31.2. The van der Waals surface area contributed by atoms with Gasteiger partial charge in [-0.1, -0.05) is 13.8 Å². The number of hydrogen-bond donors (Lipinski definition) is 2. The van der Waals surface area contributed by atoms with Crippen molar-refractivity contribution >= 4 is 19.0 Å². The van der Waals surface area contributed by atoms with E-state index >= 15 is 0 Å². The highest BCUT2D eigenvalue weighted by Crippen LogP contribution is 2.46. The molecular formula is C26H40N8O8P-. The van der Waals surface area contributed by atoms with Gasteiger partial charge in [0.25, 0.3) is 13.4 Å². The molecular weight excluding hydrogens is 583 g/mol. The van der Waals surface area contributed by atoms with Crippen LogP contribution in [0.2, 0.25) is 0 Å². The summed E-state index contributed by atoms with van der Waals surface area (Å²) in [6, 6.07) is 0. The molecule has 2 aliphatic rings. The minimum Gasteiger partial charge on any atom is -0.756 e. The number of fused-ring (bicyclic) bond motifs is 1. The molecule has 5 rings (SSSR count). The number of rotatable bonds is 8. The highest BCUT2D eigenvalue weighted by molar-refractivity contribution is 7.45. The summed E-state index contributed by atoms with van der Waals surface area (Å²) in [5, 5.41) is 0. The molecule has 3 aromatic rings. The fourth-order valence-corrected chi connectivity index (χ4v) is 5.76. The number of phosphoric ester groups is 1. The Bertz CT molecular complexity index is 1580. The summed E-state index contributed by atoms with van der Waals surface area (Å²) >= 11 is 0. The van der Waals surface area contributed by atoms with Gasteiger partial charge in [-0.3, -0.25) is 18.5 Å². The maximum atomic E-state index is 12.7. The molecule has 0 radical (unpaired) electrons. The average Bonchev–Trinajstić information content (AvgIpc) is 3.58. The number of nitrogens with one attached hydrogen (secondary N) is 1. The van der Waals surface area contributed by atoms with Crippen LogP contribution in [0.4, 0.5) is 0 Å². The van der Waals surface area contributed by atoms with Crippen LogP contribution in [0.15, 0.2) is 22.2 Å². The Kier molecular flexibility index (Phi) is 10.0. The van der Waals surface area contributed by atoms with Gasteiger partial charge in [-0.15, -0.1) is 0 Å². The number of aryl methyl sites for hydroxylation is 2. The smallest absolute Gasteiger partial charge is 0.352 e. The first-order valence-electron chi connectivity index (χ1n) is 14.1. The van der Waals surface area contributed by atoms with Crippen LogP contribution in [0.25, 0.3) is 11.2 Å². The van der Waals surface area contributed by atoms with Gasteiger partial charge in [0, 0.05) is 12.0 Å². The molecule has 0 saturated carbocycles. The molecule has 0 amide bonds. The highest BCUT2D eigenvalue weighted by Gasteiger charge is 2.40. The van der Waals surface area contributed by atoms with Crippen molar-refractivity contribution in [2.45, 2.75) is 104 Å². The molecule has 43 heavy (non-hydrogen) atoms. The molecule has 238 valence electrons. The van der Waals surface area contributed by atoms with Crippen molar-refractivity contribution in [3.63, 3.8) is 0 Å². The Morgan fingerprint density at radius 3 is 2.37 bits per heavy atom. The molecule has 2 fully saturated rings. The first-order valence-corrected chi connectivity index (χ1v) is 15.6. The van der Waals surface area contributed by atoms with Gasteiger partial charge < -0.3 is 34.1 Å². The summed E-state index contributed by atoms with van der Waals surface area (Å²) in [5.41, 5.74) is 5.06. The molecule has 3 aromatic heterocycles. The van der Waals surface area contributed by atoms with Gasteiger partial charge in [-0.2, -0.15) is 4.98 Å². The molecule has 5 heterocycles. The Morgan fingerprint density at radius 1 is 1.09 bits per heavy atom. The molecule has 0 spiro atoms. The second-order valence-corrected chi connectivity index (χ2v) is 13.3. The van der Waals surface area contributed by atoms with E-state index in [4.69, 9.17) is 24.3 Å². The number of H-pyrrole nitrogens is 1. The molecule has 7 atom stereocenters. The van der Waals surface area contributed by atoms with Gasteiger partial charge in [0.2, 0.25) is 0 Å². The van der Waals surface area contributed by atoms with Crippen LogP contribution in [0.1, 0.15) is 78.0 Å². The molecule has 3 N–H and O–H groups in total. The third-order valence-corrected chi connectivity index (χ3v) is 7.80. The summed E-state index contributed by atoms with van der Waals surface area (Å²) < 4.78 is 38.1. The van der Waals surface area contributed by atoms with Crippen molar-refractivity contribution in [1.82, 2.24) is 34.1 Å². The van der Waals surface area contributed by atoms with E-state index in [-0.39, 0.29) is 35.6 Å². The number of aromatic nitrogens is 7. The SMILES string of the molecule is CC(C)(C)N.CC[C@H]1O[C@@H](n2cnc(C)nc2=O)CC1OP(=O)([O-])OC[C@H]1O[C@@H](n2cnc3c(=O)[nH]c(C)nc32)CC1C. The number of phosphoric acid groups is 1. The monoisotopic (exact) mass is 623 g/mol. The zero-order valence-corrected chi connectivity index (χ0v) is 26.3. The lowest BCUT2D eigenvalue weighted by Gasteiger charge is -2.29. The summed E-state index contributed by atoms with van der Waals surface area (Å²) in [6.45, 7) is 12.7. The summed E-state index contributed by atoms with van der Waals surface area (Å²) in [7, 11) is -4.75. The van der Waals surface area contributed by atoms with E-state index < -0.39 is 44.3 Å². The van der Waals surface area contributed by atoms with Crippen LogP contribution >= 0.6 is 7.82 Å². The van der Waals surface area contributed by atoms with Gasteiger partial charge in [-0.25, -0.2) is 19.7 Å². The second kappa shape index (κ2) is 13.0. The maximum Gasteiger partial charge on any atom is 0.352 e. The van der Waals surface area contributed by atoms with E-state index in [9.17, 15) is 19.0 Å². The minimum absolute atomic E-state index is 0. The van der Waals surface area contributed by atoms with Gasteiger partial charge >= 0.3 is 5.69 Å². The van der Waals surface area contributed by atoms with Crippen LogP contribution in [0, 0.1) is 19.8 Å². The number of imidazole rings is 1. The van der Waals surface area contributed by atoms with Crippen molar-refractivity contribution in [3.05, 3.63) is 45.1 Å². The first-order chi connectivity index (χ1) is 20.0. The minimum atomic E-state index is -4.75. The average molecular weight is 624 g/mol. The van der Waals surface area contributed by atoms with E-state index in [2.05, 4.69) is 24.9 Å². The largest absolute Gasteiger partial charge is 0.756 e. The summed E-state index contributed by atoms with van der Waals surface area (Å²) in [5.74, 6) is 0.716. The van der Waals surface area contributed by atoms with Gasteiger partial charge in [0.15, 0.2) is 11.2 Å². The molecule has 2 aliphatic heterocycles. The standard InChI is InChI=1S/C22H30N7O8P.C4H11N/c1-5-14-15(7-18(35-14)29-9-23-12(3)27-22(29)31)37-38(32,33)34-8-16-11(2)6-17(36-16)28-10-24-19-20(28)25-13(4)26-21(19)30;1-4(2,3)5/h9-11,14-18H,5-8H2,1-4H3,(H,32,33)(H,25,26,30);5H2,1-3H3/p-1/t11?,14-,15?,16-,17-,18-;/m1./s1. The zero-order chi connectivity index (χ0) is 31.7. The number of nitrogens with two attached hydrogens (primary N) is 1. The van der Waals surface area contributed by atoms with Crippen LogP contribution in [-0.4, -0.2) is 64.5 Å². The lowest BCUT2D eigenvalue weighted by molar-refractivity contribution is -0.233. The molecule has 0 aromatic carbocycles. The quantitative estimate of drug-likeness (QED) is 0.342. The van der Waals surface area contributed by atoms with Crippen molar-refractivity contribution < 1.29 is 28.0 Å². The third kappa shape index (κ3) is 8.41. The lowest BCUT2D eigenvalue weighted by atomic mass is 10.0. The van der Waals surface area contributed by atoms with E-state index in [1.54, 1.807) is 18.4 Å². The van der Waals surface area contributed by atoms with Crippen LogP contribution in [0.5, 0.6) is 0 Å². The third-order valence-electron chi connectivity index (χ3n) is 6.80. The predicted molar refractivity (Wildman–Crippen MR) is 153 cm³/mol. The molecule has 2 saturated heterocycles. The predicted octanol–water partition coefficient (Wildman–Crippen LogP) is 1.62. The molecule has 3 unspecified atom stereocenters. The van der Waals surface area contributed by atoms with E-state index in [0.29, 0.717) is 30.1 Å². The number of nitrogens with zero attached hydrogens (tertiary/aromatic N) is 6. The maximum absolute atomic E-state index is 12.7. The summed E-state index contributed by atoms with van der Waals surface area (Å²) in [4.78, 5) is 56.0. The van der Waals surface area contributed by atoms with Crippen molar-refractivity contribution in [1.29, 1.82) is 0 Å². The summed E-state index contributed by atoms with van der Waals surface area (Å²) in [6.07, 6.45) is 0.702. The Morgan fingerprint density at radius 2 is 1.72 bits per heavy atom. The van der Waals surface area contributed by atoms with Crippen molar-refractivity contribution in [3.8, 4) is 0 Å². The van der Waals surface area contributed by atoms with Gasteiger partial charge in [0.1, 0.15) is 30.4 Å². The van der Waals surface area contributed by atoms with Crippen LogP contribution in [-0.2, 0) is 23.1 Å². The van der Waals surface area contributed by atoms with E-state index in [1.165, 1.54) is 17.2 Å². The molecule has 17 heteroatoms. The first kappa shape index (κ1) is 33.1. The number of aromatic amines is 1. The van der Waals surface area contributed by atoms with E-state index in [1.807, 2.05) is 34.6 Å². The zero-order valence-electron chi connectivity index (χ0n) is 25.4.